The second-order valence-corrected chi connectivity index (χ2v) is 8.45. The molecule has 0 unspecified atom stereocenters. The van der Waals surface area contributed by atoms with E-state index in [1.54, 1.807) is 35.2 Å². The van der Waals surface area contributed by atoms with Gasteiger partial charge in [-0.05, 0) is 72.3 Å². The van der Waals surface area contributed by atoms with Crippen molar-refractivity contribution in [2.24, 2.45) is 0 Å². The summed E-state index contributed by atoms with van der Waals surface area (Å²) >= 11 is 0. The van der Waals surface area contributed by atoms with E-state index in [9.17, 15) is 18.4 Å². The van der Waals surface area contributed by atoms with Gasteiger partial charge >= 0.3 is 0 Å². The molecule has 1 N–H and O–H groups in total. The summed E-state index contributed by atoms with van der Waals surface area (Å²) in [6.07, 6.45) is 1.52. The molecule has 0 aliphatic carbocycles. The van der Waals surface area contributed by atoms with Crippen LogP contribution in [0.15, 0.2) is 89.5 Å². The minimum absolute atomic E-state index is 0.160. The Kier molecular flexibility index (Phi) is 7.44. The Bertz CT molecular complexity index is 1370. The van der Waals surface area contributed by atoms with Crippen LogP contribution in [0.5, 0.6) is 0 Å². The van der Waals surface area contributed by atoms with Gasteiger partial charge in [0.15, 0.2) is 0 Å². The molecule has 36 heavy (non-hydrogen) atoms. The number of carbonyl (C=O) groups is 2. The molecule has 6 nitrogen and oxygen atoms in total. The number of halogens is 2. The minimum atomic E-state index is -0.505. The molecule has 1 heterocycles. The van der Waals surface area contributed by atoms with Crippen molar-refractivity contribution in [2.45, 2.75) is 13.1 Å². The fraction of sp³-hybridized carbons (Fsp3) is 0.143. The molecule has 3 aromatic carbocycles. The number of furan rings is 1. The Morgan fingerprint density at radius 2 is 1.53 bits per heavy atom. The first-order valence-corrected chi connectivity index (χ1v) is 11.2. The standard InChI is InChI=1S/C28H25F2N3O3/c1-32(2)26-12-11-24(31-27(34)19-6-3-8-22(29)14-19)16-21(26)17-33(18-25-10-5-13-36-25)28(35)20-7-4-9-23(30)15-20/h3-16H,17-18H2,1-2H3,(H,31,34). The second kappa shape index (κ2) is 10.9. The number of nitrogens with one attached hydrogen (secondary N) is 1. The zero-order valence-corrected chi connectivity index (χ0v) is 19.9. The molecule has 0 aliphatic heterocycles. The lowest BCUT2D eigenvalue weighted by Crippen LogP contribution is -2.31. The van der Waals surface area contributed by atoms with Crippen molar-refractivity contribution in [1.29, 1.82) is 0 Å². The maximum atomic E-state index is 13.8. The number of nitrogens with zero attached hydrogens (tertiary/aromatic N) is 2. The lowest BCUT2D eigenvalue weighted by atomic mass is 10.1. The topological polar surface area (TPSA) is 65.8 Å². The van der Waals surface area contributed by atoms with Gasteiger partial charge < -0.3 is 19.5 Å². The van der Waals surface area contributed by atoms with E-state index in [-0.39, 0.29) is 30.1 Å². The van der Waals surface area contributed by atoms with Gasteiger partial charge in [0, 0.05) is 43.1 Å². The Balaban J connectivity index is 1.65. The van der Waals surface area contributed by atoms with E-state index < -0.39 is 17.5 Å². The van der Waals surface area contributed by atoms with Crippen LogP contribution < -0.4 is 10.2 Å². The summed E-state index contributed by atoms with van der Waals surface area (Å²) in [4.78, 5) is 29.5. The van der Waals surface area contributed by atoms with E-state index in [0.717, 1.165) is 17.3 Å². The SMILES string of the molecule is CN(C)c1ccc(NC(=O)c2cccc(F)c2)cc1CN(Cc1ccco1)C(=O)c1cccc(F)c1. The van der Waals surface area contributed by atoms with Gasteiger partial charge in [0.1, 0.15) is 17.4 Å². The van der Waals surface area contributed by atoms with Crippen LogP contribution in [-0.4, -0.2) is 30.8 Å². The van der Waals surface area contributed by atoms with Gasteiger partial charge in [-0.3, -0.25) is 9.59 Å². The van der Waals surface area contributed by atoms with E-state index >= 15 is 0 Å². The molecule has 0 bridgehead atoms. The van der Waals surface area contributed by atoms with E-state index in [0.29, 0.717) is 11.4 Å². The smallest absolute Gasteiger partial charge is 0.255 e. The first-order chi connectivity index (χ1) is 17.3. The summed E-state index contributed by atoms with van der Waals surface area (Å²) < 4.78 is 32.9. The third kappa shape index (κ3) is 5.96. The highest BCUT2D eigenvalue weighted by Gasteiger charge is 2.21. The Hall–Kier alpha value is -4.46. The van der Waals surface area contributed by atoms with Crippen molar-refractivity contribution in [3.05, 3.63) is 119 Å². The van der Waals surface area contributed by atoms with E-state index in [1.165, 1.54) is 42.7 Å². The van der Waals surface area contributed by atoms with E-state index in [1.807, 2.05) is 25.1 Å². The van der Waals surface area contributed by atoms with Gasteiger partial charge in [-0.1, -0.05) is 12.1 Å². The van der Waals surface area contributed by atoms with Gasteiger partial charge in [0.05, 0.1) is 12.8 Å². The molecule has 0 spiro atoms. The average molecular weight is 490 g/mol. The molecule has 0 saturated carbocycles. The maximum Gasteiger partial charge on any atom is 0.255 e. The van der Waals surface area contributed by atoms with Crippen LogP contribution in [0.25, 0.3) is 0 Å². The van der Waals surface area contributed by atoms with E-state index in [2.05, 4.69) is 5.32 Å². The number of hydrogen-bond acceptors (Lipinski definition) is 4. The normalized spacial score (nSPS) is 10.7. The van der Waals surface area contributed by atoms with Crippen molar-refractivity contribution in [3.63, 3.8) is 0 Å². The van der Waals surface area contributed by atoms with Crippen LogP contribution in [0.3, 0.4) is 0 Å². The summed E-state index contributed by atoms with van der Waals surface area (Å²) in [5.41, 5.74) is 2.46. The molecule has 1 aromatic heterocycles. The molecule has 4 aromatic rings. The third-order valence-corrected chi connectivity index (χ3v) is 5.55. The van der Waals surface area contributed by atoms with Crippen LogP contribution in [0.1, 0.15) is 32.0 Å². The molecule has 0 fully saturated rings. The van der Waals surface area contributed by atoms with Crippen molar-refractivity contribution < 1.29 is 22.8 Å². The highest BCUT2D eigenvalue weighted by molar-refractivity contribution is 6.04. The molecule has 0 saturated heterocycles. The second-order valence-electron chi connectivity index (χ2n) is 8.45. The number of hydrogen-bond donors (Lipinski definition) is 1. The lowest BCUT2D eigenvalue weighted by Gasteiger charge is -2.26. The zero-order valence-electron chi connectivity index (χ0n) is 19.9. The summed E-state index contributed by atoms with van der Waals surface area (Å²) in [6, 6.07) is 19.8. The third-order valence-electron chi connectivity index (χ3n) is 5.55. The lowest BCUT2D eigenvalue weighted by molar-refractivity contribution is 0.0717. The maximum absolute atomic E-state index is 13.8. The first kappa shape index (κ1) is 24.7. The molecular weight excluding hydrogens is 464 g/mol. The number of rotatable bonds is 8. The zero-order chi connectivity index (χ0) is 25.7. The fourth-order valence-electron chi connectivity index (χ4n) is 3.86. The van der Waals surface area contributed by atoms with Gasteiger partial charge in [-0.2, -0.15) is 0 Å². The van der Waals surface area contributed by atoms with Crippen molar-refractivity contribution >= 4 is 23.2 Å². The van der Waals surface area contributed by atoms with Gasteiger partial charge in [0.2, 0.25) is 0 Å². The van der Waals surface area contributed by atoms with Gasteiger partial charge in [-0.25, -0.2) is 8.78 Å². The number of anilines is 2. The monoisotopic (exact) mass is 489 g/mol. The van der Waals surface area contributed by atoms with Crippen LogP contribution in [-0.2, 0) is 13.1 Å². The van der Waals surface area contributed by atoms with Crippen molar-refractivity contribution in [1.82, 2.24) is 4.90 Å². The van der Waals surface area contributed by atoms with Crippen molar-refractivity contribution in [3.8, 4) is 0 Å². The summed E-state index contributed by atoms with van der Waals surface area (Å²) in [6.45, 7) is 0.322. The molecule has 8 heteroatoms. The molecule has 0 atom stereocenters. The predicted molar refractivity (Wildman–Crippen MR) is 134 cm³/mol. The fourth-order valence-corrected chi connectivity index (χ4v) is 3.86. The predicted octanol–water partition coefficient (Wildman–Crippen LogP) is 5.72. The molecule has 2 amide bonds. The largest absolute Gasteiger partial charge is 0.467 e. The van der Waals surface area contributed by atoms with Crippen LogP contribution in [0.2, 0.25) is 0 Å². The quantitative estimate of drug-likeness (QED) is 0.344. The summed E-state index contributed by atoms with van der Waals surface area (Å²) in [7, 11) is 3.74. The summed E-state index contributed by atoms with van der Waals surface area (Å²) in [5.74, 6) is -1.27. The molecular formula is C28H25F2N3O3. The molecule has 0 aliphatic rings. The first-order valence-electron chi connectivity index (χ1n) is 11.2. The highest BCUT2D eigenvalue weighted by Crippen LogP contribution is 2.26. The number of benzene rings is 3. The van der Waals surface area contributed by atoms with Gasteiger partial charge in [-0.15, -0.1) is 0 Å². The summed E-state index contributed by atoms with van der Waals surface area (Å²) in [5, 5.41) is 2.78. The Morgan fingerprint density at radius 3 is 2.17 bits per heavy atom. The highest BCUT2D eigenvalue weighted by atomic mass is 19.1. The van der Waals surface area contributed by atoms with Crippen molar-refractivity contribution in [2.75, 3.05) is 24.3 Å². The molecule has 4 rings (SSSR count). The Morgan fingerprint density at radius 1 is 0.833 bits per heavy atom. The molecule has 0 radical (unpaired) electrons. The number of amides is 2. The van der Waals surface area contributed by atoms with Gasteiger partial charge in [0.25, 0.3) is 11.8 Å². The van der Waals surface area contributed by atoms with Crippen LogP contribution in [0.4, 0.5) is 20.2 Å². The average Bonchev–Trinajstić information content (AvgIpc) is 3.36. The Labute approximate surface area is 207 Å². The molecule has 184 valence electrons. The van der Waals surface area contributed by atoms with Crippen LogP contribution in [0, 0.1) is 11.6 Å². The van der Waals surface area contributed by atoms with E-state index in [4.69, 9.17) is 4.42 Å². The number of carbonyl (C=O) groups excluding carboxylic acids is 2. The minimum Gasteiger partial charge on any atom is -0.467 e. The van der Waals surface area contributed by atoms with Crippen LogP contribution >= 0.6 is 0 Å².